The summed E-state index contributed by atoms with van der Waals surface area (Å²) >= 11 is 1.23. The zero-order valence-electron chi connectivity index (χ0n) is 8.80. The average molecular weight is 233 g/mol. The number of anilines is 1. The van der Waals surface area contributed by atoms with Crippen molar-refractivity contribution in [3.05, 3.63) is 29.5 Å². The van der Waals surface area contributed by atoms with E-state index >= 15 is 0 Å². The van der Waals surface area contributed by atoms with Crippen molar-refractivity contribution in [2.75, 3.05) is 11.5 Å². The number of carbonyl (C=O) groups is 1. The van der Waals surface area contributed by atoms with Crippen LogP contribution in [0.3, 0.4) is 0 Å². The zero-order chi connectivity index (χ0) is 12.0. The predicted molar refractivity (Wildman–Crippen MR) is 65.5 cm³/mol. The van der Waals surface area contributed by atoms with Crippen molar-refractivity contribution in [2.24, 2.45) is 0 Å². The minimum Gasteiger partial charge on any atom is -0.383 e. The molecule has 0 spiro atoms. The van der Waals surface area contributed by atoms with Gasteiger partial charge in [0.2, 0.25) is 0 Å². The van der Waals surface area contributed by atoms with Crippen molar-refractivity contribution in [1.29, 1.82) is 5.26 Å². The number of rotatable bonds is 3. The van der Waals surface area contributed by atoms with Crippen molar-refractivity contribution in [3.8, 4) is 6.07 Å². The van der Waals surface area contributed by atoms with E-state index < -0.39 is 0 Å². The molecule has 0 aliphatic rings. The third kappa shape index (κ3) is 3.75. The number of aromatic nitrogens is 1. The second-order valence-corrected chi connectivity index (χ2v) is 4.22. The van der Waals surface area contributed by atoms with E-state index in [2.05, 4.69) is 4.98 Å². The number of hydrogen-bond acceptors (Lipinski definition) is 5. The Balaban J connectivity index is 2.68. The number of nitrogen functional groups attached to an aromatic ring is 1. The Morgan fingerprint density at radius 3 is 3.12 bits per heavy atom. The highest BCUT2D eigenvalue weighted by Crippen LogP contribution is 2.11. The van der Waals surface area contributed by atoms with Crippen molar-refractivity contribution < 1.29 is 4.79 Å². The maximum atomic E-state index is 10.7. The highest BCUT2D eigenvalue weighted by molar-refractivity contribution is 8.13. The SMILES string of the molecule is CC(=O)SCC=Cc1cnc(N)c(C#N)c1. The highest BCUT2D eigenvalue weighted by Gasteiger charge is 1.99. The molecule has 0 unspecified atom stereocenters. The first-order valence-electron chi connectivity index (χ1n) is 4.59. The summed E-state index contributed by atoms with van der Waals surface area (Å²) in [7, 11) is 0. The van der Waals surface area contributed by atoms with Crippen LogP contribution < -0.4 is 5.73 Å². The molecule has 1 aromatic heterocycles. The normalized spacial score (nSPS) is 10.2. The third-order valence-electron chi connectivity index (χ3n) is 1.75. The maximum absolute atomic E-state index is 10.7. The van der Waals surface area contributed by atoms with E-state index in [1.165, 1.54) is 18.7 Å². The lowest BCUT2D eigenvalue weighted by Crippen LogP contribution is -1.94. The van der Waals surface area contributed by atoms with Crippen LogP contribution in [-0.4, -0.2) is 15.9 Å². The second kappa shape index (κ2) is 5.93. The van der Waals surface area contributed by atoms with E-state index in [1.54, 1.807) is 12.3 Å². The summed E-state index contributed by atoms with van der Waals surface area (Å²) < 4.78 is 0. The van der Waals surface area contributed by atoms with E-state index in [-0.39, 0.29) is 10.9 Å². The Morgan fingerprint density at radius 1 is 1.75 bits per heavy atom. The first-order chi connectivity index (χ1) is 7.63. The van der Waals surface area contributed by atoms with Gasteiger partial charge in [0.1, 0.15) is 11.9 Å². The Labute approximate surface area is 98.2 Å². The number of nitrogens with zero attached hydrogens (tertiary/aromatic N) is 2. The van der Waals surface area contributed by atoms with Gasteiger partial charge in [-0.3, -0.25) is 4.79 Å². The van der Waals surface area contributed by atoms with Crippen LogP contribution in [0.4, 0.5) is 5.82 Å². The van der Waals surface area contributed by atoms with Crippen molar-refractivity contribution in [2.45, 2.75) is 6.92 Å². The van der Waals surface area contributed by atoms with Gasteiger partial charge in [0.05, 0.1) is 5.56 Å². The van der Waals surface area contributed by atoms with Crippen molar-refractivity contribution in [3.63, 3.8) is 0 Å². The van der Waals surface area contributed by atoms with Crippen molar-refractivity contribution in [1.82, 2.24) is 4.98 Å². The fraction of sp³-hybridized carbons (Fsp3) is 0.182. The predicted octanol–water partition coefficient (Wildman–Crippen LogP) is 1.83. The molecule has 1 rings (SSSR count). The van der Waals surface area contributed by atoms with Gasteiger partial charge < -0.3 is 5.73 Å². The summed E-state index contributed by atoms with van der Waals surface area (Å²) in [6.07, 6.45) is 5.24. The molecule has 1 heterocycles. The lowest BCUT2D eigenvalue weighted by Gasteiger charge is -1.97. The summed E-state index contributed by atoms with van der Waals surface area (Å²) in [5.74, 6) is 0.847. The molecular formula is C11H11N3OS. The van der Waals surface area contributed by atoms with Gasteiger partial charge >= 0.3 is 0 Å². The first-order valence-corrected chi connectivity index (χ1v) is 5.57. The minimum absolute atomic E-state index is 0.0813. The molecule has 0 amide bonds. The summed E-state index contributed by atoms with van der Waals surface area (Å²) in [5, 5.41) is 8.83. The molecule has 0 atom stereocenters. The number of nitrogens with two attached hydrogens (primary N) is 1. The molecule has 0 aromatic carbocycles. The Kier molecular flexibility index (Phi) is 4.55. The van der Waals surface area contributed by atoms with Crippen LogP contribution in [0.2, 0.25) is 0 Å². The average Bonchev–Trinajstić information content (AvgIpc) is 2.26. The third-order valence-corrected chi connectivity index (χ3v) is 2.52. The summed E-state index contributed by atoms with van der Waals surface area (Å²) in [6, 6.07) is 3.63. The Bertz CT molecular complexity index is 463. The van der Waals surface area contributed by atoms with Crippen LogP contribution in [0.15, 0.2) is 18.3 Å². The second-order valence-electron chi connectivity index (χ2n) is 3.02. The topological polar surface area (TPSA) is 79.8 Å². The Hall–Kier alpha value is -1.80. The van der Waals surface area contributed by atoms with Crippen LogP contribution in [0, 0.1) is 11.3 Å². The lowest BCUT2D eigenvalue weighted by atomic mass is 10.2. The minimum atomic E-state index is 0.0813. The molecule has 16 heavy (non-hydrogen) atoms. The lowest BCUT2D eigenvalue weighted by molar-refractivity contribution is -0.109. The van der Waals surface area contributed by atoms with Crippen LogP contribution in [0.5, 0.6) is 0 Å². The van der Waals surface area contributed by atoms with E-state index in [0.29, 0.717) is 11.3 Å². The van der Waals surface area contributed by atoms with Gasteiger partial charge in [0, 0.05) is 18.9 Å². The number of nitriles is 1. The molecule has 0 fully saturated rings. The molecule has 0 aliphatic carbocycles. The molecule has 82 valence electrons. The van der Waals surface area contributed by atoms with E-state index in [4.69, 9.17) is 11.0 Å². The Morgan fingerprint density at radius 2 is 2.50 bits per heavy atom. The maximum Gasteiger partial charge on any atom is 0.186 e. The summed E-state index contributed by atoms with van der Waals surface area (Å²) in [4.78, 5) is 14.6. The van der Waals surface area contributed by atoms with Gasteiger partial charge in [-0.15, -0.1) is 0 Å². The van der Waals surface area contributed by atoms with Crippen molar-refractivity contribution >= 4 is 28.8 Å². The molecular weight excluding hydrogens is 222 g/mol. The molecule has 2 N–H and O–H groups in total. The smallest absolute Gasteiger partial charge is 0.186 e. The largest absolute Gasteiger partial charge is 0.383 e. The van der Waals surface area contributed by atoms with E-state index in [9.17, 15) is 4.79 Å². The number of pyridine rings is 1. The summed E-state index contributed by atoms with van der Waals surface area (Å²) in [6.45, 7) is 1.52. The van der Waals surface area contributed by atoms with Crippen LogP contribution in [0.25, 0.3) is 6.08 Å². The molecule has 0 saturated heterocycles. The monoisotopic (exact) mass is 233 g/mol. The molecule has 0 saturated carbocycles. The van der Waals surface area contributed by atoms with Crippen LogP contribution in [0.1, 0.15) is 18.1 Å². The van der Waals surface area contributed by atoms with Gasteiger partial charge in [0.25, 0.3) is 0 Å². The van der Waals surface area contributed by atoms with Crippen LogP contribution >= 0.6 is 11.8 Å². The first kappa shape index (κ1) is 12.3. The number of thioether (sulfide) groups is 1. The highest BCUT2D eigenvalue weighted by atomic mass is 32.2. The van der Waals surface area contributed by atoms with Gasteiger partial charge in [-0.25, -0.2) is 4.98 Å². The number of carbonyl (C=O) groups excluding carboxylic acids is 1. The molecule has 0 radical (unpaired) electrons. The van der Waals surface area contributed by atoms with E-state index in [0.717, 1.165) is 5.56 Å². The van der Waals surface area contributed by atoms with Crippen LogP contribution in [-0.2, 0) is 4.79 Å². The zero-order valence-corrected chi connectivity index (χ0v) is 9.62. The van der Waals surface area contributed by atoms with Gasteiger partial charge in [-0.05, 0) is 11.6 Å². The molecule has 5 heteroatoms. The molecule has 0 aliphatic heterocycles. The van der Waals surface area contributed by atoms with Gasteiger partial charge in [0.15, 0.2) is 5.12 Å². The fourth-order valence-corrected chi connectivity index (χ4v) is 1.45. The fourth-order valence-electron chi connectivity index (χ4n) is 1.02. The van der Waals surface area contributed by atoms with Gasteiger partial charge in [-0.2, -0.15) is 5.26 Å². The van der Waals surface area contributed by atoms with E-state index in [1.807, 2.05) is 18.2 Å². The number of hydrogen-bond donors (Lipinski definition) is 1. The molecule has 4 nitrogen and oxygen atoms in total. The molecule has 1 aromatic rings. The molecule has 0 bridgehead atoms. The van der Waals surface area contributed by atoms with Gasteiger partial charge in [-0.1, -0.05) is 23.9 Å². The quantitative estimate of drug-likeness (QED) is 0.861. The standard InChI is InChI=1S/C11H11N3OS/c1-8(15)16-4-2-3-9-5-10(6-12)11(13)14-7-9/h2-3,5,7H,4H2,1H3,(H2,13,14). The summed E-state index contributed by atoms with van der Waals surface area (Å²) in [5.41, 5.74) is 6.65.